The maximum absolute atomic E-state index is 11.3. The zero-order chi connectivity index (χ0) is 15.0. The van der Waals surface area contributed by atoms with Gasteiger partial charge in [-0.15, -0.1) is 11.8 Å². The van der Waals surface area contributed by atoms with Gasteiger partial charge >= 0.3 is 0 Å². The van der Waals surface area contributed by atoms with E-state index >= 15 is 0 Å². The summed E-state index contributed by atoms with van der Waals surface area (Å²) < 4.78 is 22.6. The second kappa shape index (κ2) is 8.93. The third-order valence-corrected chi connectivity index (χ3v) is 5.14. The van der Waals surface area contributed by atoms with Crippen molar-refractivity contribution in [3.05, 3.63) is 29.3 Å². The standard InChI is InChI=1S/C14H22ClNO2S2/c1-3-8-16-13(7-9-20(2,17)18)11-19-14-6-4-5-12(15)10-14/h4-6,10,13,16H,3,7-9,11H2,1-2H3. The van der Waals surface area contributed by atoms with Crippen LogP contribution >= 0.6 is 23.4 Å². The fraction of sp³-hybridized carbons (Fsp3) is 0.571. The van der Waals surface area contributed by atoms with Crippen LogP contribution in [0.15, 0.2) is 29.2 Å². The highest BCUT2D eigenvalue weighted by Gasteiger charge is 2.12. The Labute approximate surface area is 131 Å². The van der Waals surface area contributed by atoms with Crippen LogP contribution in [-0.4, -0.2) is 38.8 Å². The van der Waals surface area contributed by atoms with Crippen molar-refractivity contribution < 1.29 is 8.42 Å². The maximum Gasteiger partial charge on any atom is 0.147 e. The molecule has 1 aromatic carbocycles. The zero-order valence-corrected chi connectivity index (χ0v) is 14.3. The molecule has 0 aliphatic carbocycles. The predicted octanol–water partition coefficient (Wildman–Crippen LogP) is 3.24. The Balaban J connectivity index is 2.51. The Morgan fingerprint density at radius 3 is 2.75 bits per heavy atom. The summed E-state index contributed by atoms with van der Waals surface area (Å²) in [5.41, 5.74) is 0. The predicted molar refractivity (Wildman–Crippen MR) is 88.6 cm³/mol. The van der Waals surface area contributed by atoms with Crippen LogP contribution in [-0.2, 0) is 9.84 Å². The van der Waals surface area contributed by atoms with Crippen LogP contribution in [0.25, 0.3) is 0 Å². The van der Waals surface area contributed by atoms with Gasteiger partial charge in [0.25, 0.3) is 0 Å². The van der Waals surface area contributed by atoms with E-state index in [0.717, 1.165) is 28.6 Å². The van der Waals surface area contributed by atoms with Crippen LogP contribution in [0, 0.1) is 0 Å². The summed E-state index contributed by atoms with van der Waals surface area (Å²) >= 11 is 7.66. The number of benzene rings is 1. The topological polar surface area (TPSA) is 46.2 Å². The molecule has 1 rings (SSSR count). The van der Waals surface area contributed by atoms with E-state index in [-0.39, 0.29) is 11.8 Å². The van der Waals surface area contributed by atoms with Gasteiger partial charge in [-0.25, -0.2) is 8.42 Å². The summed E-state index contributed by atoms with van der Waals surface area (Å²) in [4.78, 5) is 1.11. The molecule has 0 aromatic heterocycles. The third kappa shape index (κ3) is 8.15. The molecule has 20 heavy (non-hydrogen) atoms. The largest absolute Gasteiger partial charge is 0.313 e. The molecule has 0 fully saturated rings. The van der Waals surface area contributed by atoms with Gasteiger partial charge in [-0.1, -0.05) is 24.6 Å². The first-order valence-corrected chi connectivity index (χ1v) is 10.1. The van der Waals surface area contributed by atoms with E-state index in [1.807, 2.05) is 24.3 Å². The monoisotopic (exact) mass is 335 g/mol. The van der Waals surface area contributed by atoms with Crippen molar-refractivity contribution in [2.45, 2.75) is 30.7 Å². The highest BCUT2D eigenvalue weighted by Crippen LogP contribution is 2.22. The van der Waals surface area contributed by atoms with E-state index in [4.69, 9.17) is 11.6 Å². The summed E-state index contributed by atoms with van der Waals surface area (Å²) in [6.45, 7) is 3.01. The Morgan fingerprint density at radius 1 is 1.40 bits per heavy atom. The van der Waals surface area contributed by atoms with Crippen molar-refractivity contribution in [1.82, 2.24) is 5.32 Å². The molecule has 0 heterocycles. The number of sulfone groups is 1. The lowest BCUT2D eigenvalue weighted by molar-refractivity contribution is 0.532. The summed E-state index contributed by atoms with van der Waals surface area (Å²) in [7, 11) is -2.90. The number of hydrogen-bond donors (Lipinski definition) is 1. The lowest BCUT2D eigenvalue weighted by Gasteiger charge is -2.17. The molecule has 0 aliphatic rings. The number of thioether (sulfide) groups is 1. The lowest BCUT2D eigenvalue weighted by Crippen LogP contribution is -2.33. The number of halogens is 1. The molecule has 114 valence electrons. The van der Waals surface area contributed by atoms with Gasteiger partial charge in [0.15, 0.2) is 0 Å². The summed E-state index contributed by atoms with van der Waals surface area (Å²) in [6.07, 6.45) is 2.97. The number of nitrogens with one attached hydrogen (secondary N) is 1. The number of rotatable bonds is 9. The van der Waals surface area contributed by atoms with Gasteiger partial charge in [0, 0.05) is 28.0 Å². The molecular formula is C14H22ClNO2S2. The molecule has 1 N–H and O–H groups in total. The van der Waals surface area contributed by atoms with Crippen LogP contribution in [0.1, 0.15) is 19.8 Å². The second-order valence-electron chi connectivity index (χ2n) is 4.84. The van der Waals surface area contributed by atoms with E-state index < -0.39 is 9.84 Å². The van der Waals surface area contributed by atoms with Gasteiger partial charge in [0.05, 0.1) is 5.75 Å². The average Bonchev–Trinajstić information content (AvgIpc) is 2.37. The van der Waals surface area contributed by atoms with E-state index in [0.29, 0.717) is 6.42 Å². The fourth-order valence-electron chi connectivity index (χ4n) is 1.70. The lowest BCUT2D eigenvalue weighted by atomic mass is 10.2. The molecule has 0 aliphatic heterocycles. The first-order chi connectivity index (χ1) is 9.40. The average molecular weight is 336 g/mol. The smallest absolute Gasteiger partial charge is 0.147 e. The van der Waals surface area contributed by atoms with Crippen molar-refractivity contribution in [3.8, 4) is 0 Å². The number of hydrogen-bond acceptors (Lipinski definition) is 4. The van der Waals surface area contributed by atoms with Crippen LogP contribution < -0.4 is 5.32 Å². The summed E-state index contributed by atoms with van der Waals surface area (Å²) in [5.74, 6) is 1.07. The van der Waals surface area contributed by atoms with Crippen LogP contribution in [0.3, 0.4) is 0 Å². The van der Waals surface area contributed by atoms with E-state index in [1.165, 1.54) is 6.26 Å². The molecular weight excluding hydrogens is 314 g/mol. The Morgan fingerprint density at radius 2 is 2.15 bits per heavy atom. The fourth-order valence-corrected chi connectivity index (χ4v) is 3.73. The van der Waals surface area contributed by atoms with Crippen molar-refractivity contribution in [3.63, 3.8) is 0 Å². The van der Waals surface area contributed by atoms with Crippen molar-refractivity contribution in [2.75, 3.05) is 24.3 Å². The van der Waals surface area contributed by atoms with Gasteiger partial charge in [0.1, 0.15) is 9.84 Å². The molecule has 3 nitrogen and oxygen atoms in total. The minimum Gasteiger partial charge on any atom is -0.313 e. The van der Waals surface area contributed by atoms with Crippen molar-refractivity contribution in [1.29, 1.82) is 0 Å². The SMILES string of the molecule is CCCNC(CCS(C)(=O)=O)CSc1cccc(Cl)c1. The highest BCUT2D eigenvalue weighted by molar-refractivity contribution is 7.99. The van der Waals surface area contributed by atoms with Crippen LogP contribution in [0.4, 0.5) is 0 Å². The summed E-state index contributed by atoms with van der Waals surface area (Å²) in [6, 6.07) is 7.93. The molecule has 6 heteroatoms. The van der Waals surface area contributed by atoms with Crippen molar-refractivity contribution in [2.24, 2.45) is 0 Å². The molecule has 0 saturated carbocycles. The van der Waals surface area contributed by atoms with Crippen molar-refractivity contribution >= 4 is 33.2 Å². The first kappa shape index (κ1) is 17.8. The Hall–Kier alpha value is -0.230. The van der Waals surface area contributed by atoms with Gasteiger partial charge in [0.2, 0.25) is 0 Å². The van der Waals surface area contributed by atoms with Crippen LogP contribution in [0.5, 0.6) is 0 Å². The minimum absolute atomic E-state index is 0.202. The second-order valence-corrected chi connectivity index (χ2v) is 8.63. The molecule has 0 spiro atoms. The zero-order valence-electron chi connectivity index (χ0n) is 11.9. The first-order valence-electron chi connectivity index (χ1n) is 6.70. The third-order valence-electron chi connectivity index (χ3n) is 2.77. The van der Waals surface area contributed by atoms with Gasteiger partial charge in [-0.2, -0.15) is 0 Å². The Kier molecular flexibility index (Phi) is 7.95. The highest BCUT2D eigenvalue weighted by atomic mass is 35.5. The normalized spacial score (nSPS) is 13.3. The molecule has 0 radical (unpaired) electrons. The molecule has 0 saturated heterocycles. The molecule has 0 bridgehead atoms. The van der Waals surface area contributed by atoms with E-state index in [1.54, 1.807) is 11.8 Å². The molecule has 1 aromatic rings. The van der Waals surface area contributed by atoms with Crippen LogP contribution in [0.2, 0.25) is 5.02 Å². The maximum atomic E-state index is 11.3. The molecule has 0 amide bonds. The van der Waals surface area contributed by atoms with Gasteiger partial charge in [-0.05, 0) is 37.6 Å². The minimum atomic E-state index is -2.90. The molecule has 1 unspecified atom stereocenters. The van der Waals surface area contributed by atoms with E-state index in [2.05, 4.69) is 12.2 Å². The quantitative estimate of drug-likeness (QED) is 0.704. The Bertz CT molecular complexity index is 506. The van der Waals surface area contributed by atoms with E-state index in [9.17, 15) is 8.42 Å². The molecule has 1 atom stereocenters. The summed E-state index contributed by atoms with van der Waals surface area (Å²) in [5, 5.41) is 4.13. The van der Waals surface area contributed by atoms with Gasteiger partial charge < -0.3 is 5.32 Å². The van der Waals surface area contributed by atoms with Gasteiger partial charge in [-0.3, -0.25) is 0 Å².